The number of rotatable bonds is 6. The third kappa shape index (κ3) is 4.04. The van der Waals surface area contributed by atoms with E-state index < -0.39 is 0 Å². The van der Waals surface area contributed by atoms with Crippen molar-refractivity contribution in [3.8, 4) is 11.5 Å². The van der Waals surface area contributed by atoms with Crippen molar-refractivity contribution in [2.24, 2.45) is 0 Å². The lowest BCUT2D eigenvalue weighted by Gasteiger charge is -2.34. The van der Waals surface area contributed by atoms with E-state index in [1.54, 1.807) is 32.7 Å². The molecule has 0 bridgehead atoms. The van der Waals surface area contributed by atoms with E-state index in [0.29, 0.717) is 37.4 Å². The number of hydrogen-bond acceptors (Lipinski definition) is 6. The average Bonchev–Trinajstić information content (AvgIpc) is 2.72. The van der Waals surface area contributed by atoms with Crippen LogP contribution in [0.4, 0.5) is 5.95 Å². The smallest absolute Gasteiger partial charge is 0.225 e. The molecule has 3 rings (SSSR count). The van der Waals surface area contributed by atoms with E-state index in [2.05, 4.69) is 14.9 Å². The SMILES string of the molecule is COc1cccc(CCC(=O)N2CCN(c3ncccn3)CC2)c1OC. The van der Waals surface area contributed by atoms with Crippen LogP contribution in [0, 0.1) is 0 Å². The molecule has 7 heteroatoms. The van der Waals surface area contributed by atoms with E-state index in [0.717, 1.165) is 24.6 Å². The molecule has 1 amide bonds. The summed E-state index contributed by atoms with van der Waals surface area (Å²) in [5.74, 6) is 2.27. The van der Waals surface area contributed by atoms with Gasteiger partial charge in [0.1, 0.15) is 0 Å². The Labute approximate surface area is 153 Å². The van der Waals surface area contributed by atoms with Gasteiger partial charge in [0.2, 0.25) is 11.9 Å². The Hall–Kier alpha value is -2.83. The highest BCUT2D eigenvalue weighted by molar-refractivity contribution is 5.77. The van der Waals surface area contributed by atoms with Gasteiger partial charge in [-0.3, -0.25) is 4.79 Å². The fraction of sp³-hybridized carbons (Fsp3) is 0.421. The summed E-state index contributed by atoms with van der Waals surface area (Å²) in [6.07, 6.45) is 4.55. The van der Waals surface area contributed by atoms with Crippen LogP contribution in [-0.4, -0.2) is 61.2 Å². The van der Waals surface area contributed by atoms with E-state index >= 15 is 0 Å². The number of nitrogens with zero attached hydrogens (tertiary/aromatic N) is 4. The van der Waals surface area contributed by atoms with Gasteiger partial charge in [-0.05, 0) is 24.1 Å². The maximum Gasteiger partial charge on any atom is 0.225 e. The number of hydrogen-bond donors (Lipinski definition) is 0. The van der Waals surface area contributed by atoms with Crippen molar-refractivity contribution in [1.29, 1.82) is 0 Å². The molecule has 0 N–H and O–H groups in total. The summed E-state index contributed by atoms with van der Waals surface area (Å²) >= 11 is 0. The van der Waals surface area contributed by atoms with Crippen molar-refractivity contribution in [2.75, 3.05) is 45.3 Å². The van der Waals surface area contributed by atoms with Crippen molar-refractivity contribution in [2.45, 2.75) is 12.8 Å². The zero-order valence-corrected chi connectivity index (χ0v) is 15.2. The Morgan fingerprint density at radius 3 is 2.42 bits per heavy atom. The quantitative estimate of drug-likeness (QED) is 0.786. The first-order valence-corrected chi connectivity index (χ1v) is 8.72. The van der Waals surface area contributed by atoms with Crippen LogP contribution < -0.4 is 14.4 Å². The van der Waals surface area contributed by atoms with Gasteiger partial charge >= 0.3 is 0 Å². The predicted molar refractivity (Wildman–Crippen MR) is 98.7 cm³/mol. The monoisotopic (exact) mass is 356 g/mol. The summed E-state index contributed by atoms with van der Waals surface area (Å²) < 4.78 is 10.8. The molecule has 1 aromatic carbocycles. The minimum atomic E-state index is 0.156. The van der Waals surface area contributed by atoms with E-state index in [9.17, 15) is 4.79 Å². The fourth-order valence-corrected chi connectivity index (χ4v) is 3.16. The lowest BCUT2D eigenvalue weighted by Crippen LogP contribution is -2.49. The molecule has 26 heavy (non-hydrogen) atoms. The van der Waals surface area contributed by atoms with Crippen molar-refractivity contribution >= 4 is 11.9 Å². The minimum Gasteiger partial charge on any atom is -0.493 e. The number of piperazine rings is 1. The first-order chi connectivity index (χ1) is 12.7. The lowest BCUT2D eigenvalue weighted by atomic mass is 10.1. The fourth-order valence-electron chi connectivity index (χ4n) is 3.16. The molecule has 1 fully saturated rings. The van der Waals surface area contributed by atoms with Crippen molar-refractivity contribution < 1.29 is 14.3 Å². The molecule has 2 heterocycles. The number of amides is 1. The Bertz CT molecular complexity index is 731. The Morgan fingerprint density at radius 1 is 1.04 bits per heavy atom. The van der Waals surface area contributed by atoms with Gasteiger partial charge in [-0.25, -0.2) is 9.97 Å². The van der Waals surface area contributed by atoms with Gasteiger partial charge in [0.25, 0.3) is 0 Å². The number of anilines is 1. The molecule has 0 spiro atoms. The average molecular weight is 356 g/mol. The van der Waals surface area contributed by atoms with E-state index in [1.807, 2.05) is 23.1 Å². The number of methoxy groups -OCH3 is 2. The first kappa shape index (κ1) is 18.0. The van der Waals surface area contributed by atoms with Gasteiger partial charge < -0.3 is 19.3 Å². The molecular weight excluding hydrogens is 332 g/mol. The summed E-state index contributed by atoms with van der Waals surface area (Å²) in [6.45, 7) is 2.87. The van der Waals surface area contributed by atoms with Gasteiger partial charge in [-0.15, -0.1) is 0 Å². The van der Waals surface area contributed by atoms with Gasteiger partial charge in [-0.2, -0.15) is 0 Å². The molecule has 0 aliphatic carbocycles. The van der Waals surface area contributed by atoms with Crippen LogP contribution in [0.1, 0.15) is 12.0 Å². The molecule has 1 aliphatic rings. The molecule has 1 saturated heterocycles. The maximum absolute atomic E-state index is 12.6. The Morgan fingerprint density at radius 2 is 1.77 bits per heavy atom. The molecule has 0 radical (unpaired) electrons. The topological polar surface area (TPSA) is 67.8 Å². The molecular formula is C19H24N4O3. The zero-order chi connectivity index (χ0) is 18.4. The van der Waals surface area contributed by atoms with Crippen LogP contribution in [0.3, 0.4) is 0 Å². The third-order valence-electron chi connectivity index (χ3n) is 4.56. The highest BCUT2D eigenvalue weighted by Crippen LogP contribution is 2.31. The minimum absolute atomic E-state index is 0.156. The summed E-state index contributed by atoms with van der Waals surface area (Å²) in [6, 6.07) is 7.55. The molecule has 138 valence electrons. The molecule has 1 aromatic heterocycles. The number of aryl methyl sites for hydroxylation is 1. The molecule has 0 atom stereocenters. The highest BCUT2D eigenvalue weighted by atomic mass is 16.5. The Balaban J connectivity index is 1.54. The summed E-state index contributed by atoms with van der Waals surface area (Å²) in [4.78, 5) is 25.1. The summed E-state index contributed by atoms with van der Waals surface area (Å²) in [5.41, 5.74) is 0.983. The predicted octanol–water partition coefficient (Wildman–Crippen LogP) is 1.78. The summed E-state index contributed by atoms with van der Waals surface area (Å²) in [7, 11) is 3.23. The molecule has 7 nitrogen and oxygen atoms in total. The number of aromatic nitrogens is 2. The number of carbonyl (C=O) groups excluding carboxylic acids is 1. The first-order valence-electron chi connectivity index (χ1n) is 8.72. The van der Waals surface area contributed by atoms with Gasteiger partial charge in [0.15, 0.2) is 11.5 Å². The van der Waals surface area contributed by atoms with Crippen molar-refractivity contribution in [3.05, 3.63) is 42.2 Å². The second kappa shape index (κ2) is 8.51. The van der Waals surface area contributed by atoms with Crippen LogP contribution in [0.25, 0.3) is 0 Å². The highest BCUT2D eigenvalue weighted by Gasteiger charge is 2.22. The number of carbonyl (C=O) groups is 1. The molecule has 1 aliphatic heterocycles. The molecule has 0 saturated carbocycles. The van der Waals surface area contributed by atoms with Gasteiger partial charge in [0.05, 0.1) is 14.2 Å². The summed E-state index contributed by atoms with van der Waals surface area (Å²) in [5, 5.41) is 0. The maximum atomic E-state index is 12.6. The zero-order valence-electron chi connectivity index (χ0n) is 15.2. The van der Waals surface area contributed by atoms with E-state index in [1.165, 1.54) is 0 Å². The number of ether oxygens (including phenoxy) is 2. The second-order valence-electron chi connectivity index (χ2n) is 6.07. The van der Waals surface area contributed by atoms with Crippen LogP contribution in [0.5, 0.6) is 11.5 Å². The third-order valence-corrected chi connectivity index (χ3v) is 4.56. The van der Waals surface area contributed by atoms with Crippen LogP contribution in [0.15, 0.2) is 36.7 Å². The van der Waals surface area contributed by atoms with Gasteiger partial charge in [0, 0.05) is 45.0 Å². The second-order valence-corrected chi connectivity index (χ2v) is 6.07. The van der Waals surface area contributed by atoms with Crippen LogP contribution in [-0.2, 0) is 11.2 Å². The normalized spacial score (nSPS) is 14.2. The standard InChI is InChI=1S/C19H24N4O3/c1-25-16-6-3-5-15(18(16)26-2)7-8-17(24)22-11-13-23(14-12-22)19-20-9-4-10-21-19/h3-6,9-10H,7-8,11-14H2,1-2H3. The lowest BCUT2D eigenvalue weighted by molar-refractivity contribution is -0.131. The van der Waals surface area contributed by atoms with Crippen molar-refractivity contribution in [1.82, 2.24) is 14.9 Å². The number of para-hydroxylation sites is 1. The molecule has 0 unspecified atom stereocenters. The van der Waals surface area contributed by atoms with Crippen LogP contribution >= 0.6 is 0 Å². The van der Waals surface area contributed by atoms with Crippen molar-refractivity contribution in [3.63, 3.8) is 0 Å². The largest absolute Gasteiger partial charge is 0.493 e. The van der Waals surface area contributed by atoms with Gasteiger partial charge in [-0.1, -0.05) is 12.1 Å². The van der Waals surface area contributed by atoms with E-state index in [-0.39, 0.29) is 5.91 Å². The number of benzene rings is 1. The Kier molecular flexibility index (Phi) is 5.88. The van der Waals surface area contributed by atoms with E-state index in [4.69, 9.17) is 9.47 Å². The van der Waals surface area contributed by atoms with Crippen LogP contribution in [0.2, 0.25) is 0 Å². The molecule has 2 aromatic rings.